The molecule has 0 bridgehead atoms. The number of pyridine rings is 1. The summed E-state index contributed by atoms with van der Waals surface area (Å²) in [5, 5.41) is 11.3. The Hall–Kier alpha value is -1.66. The van der Waals surface area contributed by atoms with Gasteiger partial charge < -0.3 is 14.7 Å². The average Bonchev–Trinajstić information content (AvgIpc) is 2.47. The highest BCUT2D eigenvalue weighted by atomic mass is 79.9. The van der Waals surface area contributed by atoms with Crippen LogP contribution in [0.25, 0.3) is 10.8 Å². The molecule has 20 heavy (non-hydrogen) atoms. The molecule has 1 fully saturated rings. The predicted molar refractivity (Wildman–Crippen MR) is 79.0 cm³/mol. The molecule has 1 aliphatic heterocycles. The van der Waals surface area contributed by atoms with Gasteiger partial charge >= 0.3 is 5.97 Å². The van der Waals surface area contributed by atoms with E-state index in [9.17, 15) is 9.90 Å². The van der Waals surface area contributed by atoms with E-state index >= 15 is 0 Å². The average molecular weight is 337 g/mol. The molecule has 0 amide bonds. The molecule has 5 nitrogen and oxygen atoms in total. The van der Waals surface area contributed by atoms with Gasteiger partial charge in [-0.2, -0.15) is 0 Å². The number of carboxylic acids is 1. The third-order valence-electron chi connectivity index (χ3n) is 3.42. The number of morpholine rings is 1. The van der Waals surface area contributed by atoms with Gasteiger partial charge in [0, 0.05) is 28.0 Å². The third kappa shape index (κ3) is 2.25. The molecule has 1 N–H and O–H groups in total. The first-order valence-corrected chi connectivity index (χ1v) is 7.08. The molecule has 0 saturated carbocycles. The maximum Gasteiger partial charge on any atom is 0.328 e. The van der Waals surface area contributed by atoms with Crippen molar-refractivity contribution in [2.75, 3.05) is 24.7 Å². The van der Waals surface area contributed by atoms with Crippen molar-refractivity contribution in [2.45, 2.75) is 6.04 Å². The Morgan fingerprint density at radius 3 is 3.05 bits per heavy atom. The lowest BCUT2D eigenvalue weighted by molar-refractivity contribution is -0.141. The molecule has 1 aromatic carbocycles. The Bertz CT molecular complexity index is 662. The van der Waals surface area contributed by atoms with Crippen molar-refractivity contribution in [1.29, 1.82) is 0 Å². The molecule has 0 radical (unpaired) electrons. The zero-order chi connectivity index (χ0) is 14.1. The maximum absolute atomic E-state index is 11.4. The molecule has 1 atom stereocenters. The van der Waals surface area contributed by atoms with E-state index in [-0.39, 0.29) is 6.61 Å². The Morgan fingerprint density at radius 2 is 2.25 bits per heavy atom. The molecular weight excluding hydrogens is 324 g/mol. The van der Waals surface area contributed by atoms with Crippen LogP contribution < -0.4 is 4.90 Å². The van der Waals surface area contributed by atoms with Crippen molar-refractivity contribution in [3.63, 3.8) is 0 Å². The third-order valence-corrected chi connectivity index (χ3v) is 4.11. The van der Waals surface area contributed by atoms with Crippen molar-refractivity contribution < 1.29 is 14.6 Å². The van der Waals surface area contributed by atoms with E-state index in [1.165, 1.54) is 0 Å². The van der Waals surface area contributed by atoms with E-state index < -0.39 is 12.0 Å². The van der Waals surface area contributed by atoms with Gasteiger partial charge in [-0.1, -0.05) is 28.1 Å². The minimum Gasteiger partial charge on any atom is -0.480 e. The Balaban J connectivity index is 2.13. The van der Waals surface area contributed by atoms with E-state index in [0.717, 1.165) is 15.2 Å². The highest BCUT2D eigenvalue weighted by molar-refractivity contribution is 9.10. The number of anilines is 1. The molecule has 1 aliphatic rings. The molecule has 1 aromatic heterocycles. The first kappa shape index (κ1) is 13.3. The molecule has 2 heterocycles. The molecular formula is C14H13BrN2O3. The summed E-state index contributed by atoms with van der Waals surface area (Å²) in [6, 6.07) is 7.06. The SMILES string of the molecule is O=C(O)C1COCCN1c1nccc2c(Br)cccc12. The summed E-state index contributed by atoms with van der Waals surface area (Å²) >= 11 is 3.51. The Morgan fingerprint density at radius 1 is 1.40 bits per heavy atom. The molecule has 104 valence electrons. The highest BCUT2D eigenvalue weighted by Gasteiger charge is 2.31. The number of hydrogen-bond donors (Lipinski definition) is 1. The van der Waals surface area contributed by atoms with E-state index in [4.69, 9.17) is 4.74 Å². The summed E-state index contributed by atoms with van der Waals surface area (Å²) in [7, 11) is 0. The van der Waals surface area contributed by atoms with Gasteiger partial charge in [0.1, 0.15) is 5.82 Å². The van der Waals surface area contributed by atoms with Gasteiger partial charge in [-0.25, -0.2) is 9.78 Å². The van der Waals surface area contributed by atoms with Crippen LogP contribution in [-0.4, -0.2) is 41.9 Å². The second-order valence-corrected chi connectivity index (χ2v) is 5.45. The number of carboxylic acid groups (broad SMARTS) is 1. The summed E-state index contributed by atoms with van der Waals surface area (Å²) in [6.45, 7) is 1.22. The van der Waals surface area contributed by atoms with Gasteiger partial charge in [0.15, 0.2) is 6.04 Å². The molecule has 2 aromatic rings. The van der Waals surface area contributed by atoms with E-state index in [1.54, 1.807) is 11.1 Å². The van der Waals surface area contributed by atoms with Gasteiger partial charge in [0.25, 0.3) is 0 Å². The maximum atomic E-state index is 11.4. The fraction of sp³-hybridized carbons (Fsp3) is 0.286. The van der Waals surface area contributed by atoms with Crippen LogP contribution in [0, 0.1) is 0 Å². The second kappa shape index (κ2) is 5.38. The van der Waals surface area contributed by atoms with E-state index in [1.807, 2.05) is 24.3 Å². The van der Waals surface area contributed by atoms with Crippen LogP contribution in [0.4, 0.5) is 5.82 Å². The van der Waals surface area contributed by atoms with E-state index in [0.29, 0.717) is 19.0 Å². The van der Waals surface area contributed by atoms with Gasteiger partial charge in [-0.3, -0.25) is 0 Å². The van der Waals surface area contributed by atoms with E-state index in [2.05, 4.69) is 20.9 Å². The normalized spacial score (nSPS) is 19.2. The zero-order valence-corrected chi connectivity index (χ0v) is 12.2. The number of ether oxygens (including phenoxy) is 1. The first-order chi connectivity index (χ1) is 9.68. The number of carbonyl (C=O) groups is 1. The number of hydrogen-bond acceptors (Lipinski definition) is 4. The number of rotatable bonds is 2. The summed E-state index contributed by atoms with van der Waals surface area (Å²) in [6.07, 6.45) is 1.71. The summed E-state index contributed by atoms with van der Waals surface area (Å²) in [5.74, 6) is -0.196. The number of nitrogens with zero attached hydrogens (tertiary/aromatic N) is 2. The minimum absolute atomic E-state index is 0.182. The Labute approximate surface area is 124 Å². The lowest BCUT2D eigenvalue weighted by Crippen LogP contribution is -2.50. The molecule has 0 aliphatic carbocycles. The number of aromatic nitrogens is 1. The number of halogens is 1. The van der Waals surface area contributed by atoms with Gasteiger partial charge in [0.05, 0.1) is 13.2 Å². The molecule has 1 unspecified atom stereocenters. The molecule has 6 heteroatoms. The monoisotopic (exact) mass is 336 g/mol. The quantitative estimate of drug-likeness (QED) is 0.911. The van der Waals surface area contributed by atoms with Crippen molar-refractivity contribution in [2.24, 2.45) is 0 Å². The molecule has 0 spiro atoms. The number of aliphatic carboxylic acids is 1. The van der Waals surface area contributed by atoms with Crippen LogP contribution in [0.2, 0.25) is 0 Å². The fourth-order valence-electron chi connectivity index (χ4n) is 2.44. The van der Waals surface area contributed by atoms with Gasteiger partial charge in [-0.15, -0.1) is 0 Å². The topological polar surface area (TPSA) is 62.7 Å². The Kier molecular flexibility index (Phi) is 3.58. The minimum atomic E-state index is -0.890. The zero-order valence-electron chi connectivity index (χ0n) is 10.6. The van der Waals surface area contributed by atoms with Crippen LogP contribution in [0.15, 0.2) is 34.9 Å². The van der Waals surface area contributed by atoms with Crippen molar-refractivity contribution in [3.05, 3.63) is 34.9 Å². The summed E-state index contributed by atoms with van der Waals surface area (Å²) < 4.78 is 6.24. The smallest absolute Gasteiger partial charge is 0.328 e. The highest BCUT2D eigenvalue weighted by Crippen LogP contribution is 2.31. The number of fused-ring (bicyclic) bond motifs is 1. The van der Waals surface area contributed by atoms with Crippen molar-refractivity contribution >= 4 is 38.5 Å². The van der Waals surface area contributed by atoms with Crippen LogP contribution in [-0.2, 0) is 9.53 Å². The lowest BCUT2D eigenvalue weighted by Gasteiger charge is -2.34. The van der Waals surface area contributed by atoms with Crippen molar-refractivity contribution in [3.8, 4) is 0 Å². The van der Waals surface area contributed by atoms with Gasteiger partial charge in [0.2, 0.25) is 0 Å². The summed E-state index contributed by atoms with van der Waals surface area (Å²) in [4.78, 5) is 17.6. The lowest BCUT2D eigenvalue weighted by atomic mass is 10.1. The standard InChI is InChI=1S/C14H13BrN2O3/c15-11-3-1-2-10-9(11)4-5-16-13(10)17-6-7-20-8-12(17)14(18)19/h1-5,12H,6-8H2,(H,18,19). The van der Waals surface area contributed by atoms with Crippen LogP contribution in [0.5, 0.6) is 0 Å². The van der Waals surface area contributed by atoms with Crippen LogP contribution in [0.3, 0.4) is 0 Å². The predicted octanol–water partition coefficient (Wildman–Crippen LogP) is 2.29. The first-order valence-electron chi connectivity index (χ1n) is 6.29. The number of benzene rings is 1. The molecule has 3 rings (SSSR count). The fourth-order valence-corrected chi connectivity index (χ4v) is 2.94. The largest absolute Gasteiger partial charge is 0.480 e. The summed E-state index contributed by atoms with van der Waals surface area (Å²) in [5.41, 5.74) is 0. The van der Waals surface area contributed by atoms with Crippen LogP contribution >= 0.6 is 15.9 Å². The van der Waals surface area contributed by atoms with Crippen LogP contribution in [0.1, 0.15) is 0 Å². The van der Waals surface area contributed by atoms with Gasteiger partial charge in [-0.05, 0) is 12.1 Å². The second-order valence-electron chi connectivity index (χ2n) is 4.59. The molecule has 1 saturated heterocycles. The van der Waals surface area contributed by atoms with Crippen molar-refractivity contribution in [1.82, 2.24) is 4.98 Å².